The van der Waals surface area contributed by atoms with E-state index in [-0.39, 0.29) is 36.2 Å². The van der Waals surface area contributed by atoms with Crippen LogP contribution in [0, 0.1) is 23.7 Å². The van der Waals surface area contributed by atoms with Crippen LogP contribution in [-0.2, 0) is 9.59 Å². The molecule has 0 radical (unpaired) electrons. The molecule has 3 unspecified atom stereocenters. The number of hydrogen-bond acceptors (Lipinski definition) is 3. The molecular formula is C19H33N3O2. The molecule has 136 valence electrons. The highest BCUT2D eigenvalue weighted by Gasteiger charge is 2.41. The highest BCUT2D eigenvalue weighted by molar-refractivity contribution is 5.81. The van der Waals surface area contributed by atoms with Gasteiger partial charge in [0.15, 0.2) is 0 Å². The smallest absolute Gasteiger partial charge is 0.223 e. The van der Waals surface area contributed by atoms with E-state index in [2.05, 4.69) is 5.32 Å². The zero-order valence-electron chi connectivity index (χ0n) is 14.7. The van der Waals surface area contributed by atoms with Crippen LogP contribution >= 0.6 is 0 Å². The van der Waals surface area contributed by atoms with Crippen LogP contribution in [0.15, 0.2) is 0 Å². The second-order valence-corrected chi connectivity index (χ2v) is 8.38. The van der Waals surface area contributed by atoms with Crippen molar-refractivity contribution in [2.24, 2.45) is 35.1 Å². The van der Waals surface area contributed by atoms with Crippen molar-refractivity contribution in [3.05, 3.63) is 0 Å². The lowest BCUT2D eigenvalue weighted by Gasteiger charge is -2.44. The fourth-order valence-corrected chi connectivity index (χ4v) is 5.39. The molecule has 2 amide bonds. The molecule has 0 aromatic heterocycles. The van der Waals surface area contributed by atoms with Gasteiger partial charge < -0.3 is 16.8 Å². The molecule has 5 nitrogen and oxygen atoms in total. The third-order valence-corrected chi connectivity index (χ3v) is 6.75. The Kier molecular flexibility index (Phi) is 5.80. The minimum Gasteiger partial charge on any atom is -0.370 e. The van der Waals surface area contributed by atoms with E-state index in [1.54, 1.807) is 0 Å². The first-order chi connectivity index (χ1) is 11.5. The number of primary amides is 1. The van der Waals surface area contributed by atoms with Crippen molar-refractivity contribution >= 4 is 11.8 Å². The lowest BCUT2D eigenvalue weighted by Crippen LogP contribution is -2.51. The first-order valence-electron chi connectivity index (χ1n) is 9.89. The number of fused-ring (bicyclic) bond motifs is 2. The average Bonchev–Trinajstić information content (AvgIpc) is 2.54. The Bertz CT molecular complexity index is 448. The van der Waals surface area contributed by atoms with E-state index < -0.39 is 0 Å². The van der Waals surface area contributed by atoms with Crippen molar-refractivity contribution in [1.29, 1.82) is 0 Å². The number of carbonyl (C=O) groups is 2. The minimum atomic E-state index is -0.312. The van der Waals surface area contributed by atoms with E-state index in [0.29, 0.717) is 17.8 Å². The number of carbonyl (C=O) groups excluding carboxylic acids is 2. The number of hydrogen-bond donors (Lipinski definition) is 3. The van der Waals surface area contributed by atoms with Crippen molar-refractivity contribution in [1.82, 2.24) is 5.32 Å². The maximum Gasteiger partial charge on any atom is 0.223 e. The Labute approximate surface area is 145 Å². The summed E-state index contributed by atoms with van der Waals surface area (Å²) in [5.41, 5.74) is 11.8. The SMILES string of the molecule is NC(=O)CC(NC(=O)C1CC2CCCC(C1)C2N)C1CCCCC1. The lowest BCUT2D eigenvalue weighted by atomic mass is 9.65. The van der Waals surface area contributed by atoms with E-state index in [1.807, 2.05) is 0 Å². The molecule has 0 aromatic rings. The summed E-state index contributed by atoms with van der Waals surface area (Å²) in [5.74, 6) is 1.29. The van der Waals surface area contributed by atoms with E-state index in [1.165, 1.54) is 25.7 Å². The summed E-state index contributed by atoms with van der Waals surface area (Å²) in [6, 6.07) is 0.202. The van der Waals surface area contributed by atoms with Gasteiger partial charge in [-0.3, -0.25) is 9.59 Å². The van der Waals surface area contributed by atoms with Crippen LogP contribution in [0.1, 0.15) is 70.6 Å². The van der Waals surface area contributed by atoms with Crippen LogP contribution in [0.2, 0.25) is 0 Å². The zero-order chi connectivity index (χ0) is 17.1. The average molecular weight is 335 g/mol. The molecule has 2 bridgehead atoms. The topological polar surface area (TPSA) is 98.2 Å². The van der Waals surface area contributed by atoms with E-state index in [9.17, 15) is 9.59 Å². The van der Waals surface area contributed by atoms with Gasteiger partial charge >= 0.3 is 0 Å². The maximum atomic E-state index is 12.9. The number of nitrogens with one attached hydrogen (secondary N) is 1. The van der Waals surface area contributed by atoms with Crippen LogP contribution in [0.4, 0.5) is 0 Å². The number of rotatable bonds is 5. The molecule has 0 spiro atoms. The predicted molar refractivity (Wildman–Crippen MR) is 93.8 cm³/mol. The maximum absolute atomic E-state index is 12.9. The van der Waals surface area contributed by atoms with E-state index >= 15 is 0 Å². The molecule has 5 N–H and O–H groups in total. The van der Waals surface area contributed by atoms with Gasteiger partial charge in [-0.2, -0.15) is 0 Å². The molecule has 5 heteroatoms. The van der Waals surface area contributed by atoms with E-state index in [0.717, 1.165) is 38.5 Å². The molecule has 3 aliphatic carbocycles. The Morgan fingerprint density at radius 3 is 2.17 bits per heavy atom. The molecule has 3 fully saturated rings. The summed E-state index contributed by atoms with van der Waals surface area (Å²) < 4.78 is 0. The molecule has 3 rings (SSSR count). The van der Waals surface area contributed by atoms with Gasteiger partial charge in [-0.05, 0) is 56.3 Å². The van der Waals surface area contributed by atoms with Gasteiger partial charge in [0.25, 0.3) is 0 Å². The van der Waals surface area contributed by atoms with Crippen LogP contribution in [-0.4, -0.2) is 23.9 Å². The summed E-state index contributed by atoms with van der Waals surface area (Å²) in [7, 11) is 0. The Balaban J connectivity index is 1.61. The van der Waals surface area contributed by atoms with Crippen molar-refractivity contribution in [2.75, 3.05) is 0 Å². The van der Waals surface area contributed by atoms with Gasteiger partial charge in [-0.1, -0.05) is 25.7 Å². The number of nitrogens with two attached hydrogens (primary N) is 2. The molecular weight excluding hydrogens is 302 g/mol. The molecule has 24 heavy (non-hydrogen) atoms. The molecule has 3 saturated carbocycles. The largest absolute Gasteiger partial charge is 0.370 e. The molecule has 0 saturated heterocycles. The zero-order valence-corrected chi connectivity index (χ0v) is 14.7. The van der Waals surface area contributed by atoms with Gasteiger partial charge in [0, 0.05) is 24.4 Å². The predicted octanol–water partition coefficient (Wildman–Crippen LogP) is 2.08. The van der Waals surface area contributed by atoms with Crippen LogP contribution in [0.3, 0.4) is 0 Å². The van der Waals surface area contributed by atoms with Crippen LogP contribution < -0.4 is 16.8 Å². The normalized spacial score (nSPS) is 35.2. The summed E-state index contributed by atoms with van der Waals surface area (Å²) in [5, 5.41) is 3.21. The monoisotopic (exact) mass is 335 g/mol. The summed E-state index contributed by atoms with van der Waals surface area (Å²) in [4.78, 5) is 24.3. The summed E-state index contributed by atoms with van der Waals surface area (Å²) in [6.07, 6.45) is 11.5. The highest BCUT2D eigenvalue weighted by atomic mass is 16.2. The first kappa shape index (κ1) is 17.7. The van der Waals surface area contributed by atoms with Gasteiger partial charge in [0.2, 0.25) is 11.8 Å². The molecule has 0 heterocycles. The minimum absolute atomic E-state index is 0.0686. The Hall–Kier alpha value is -1.10. The fraction of sp³-hybridized carbons (Fsp3) is 0.895. The second kappa shape index (κ2) is 7.85. The Morgan fingerprint density at radius 2 is 1.58 bits per heavy atom. The van der Waals surface area contributed by atoms with E-state index in [4.69, 9.17) is 11.5 Å². The molecule has 0 aliphatic heterocycles. The molecule has 3 aliphatic rings. The summed E-state index contributed by atoms with van der Waals surface area (Å²) >= 11 is 0. The first-order valence-corrected chi connectivity index (χ1v) is 9.89. The van der Waals surface area contributed by atoms with Crippen molar-refractivity contribution in [2.45, 2.75) is 82.7 Å². The third-order valence-electron chi connectivity index (χ3n) is 6.75. The lowest BCUT2D eigenvalue weighted by molar-refractivity contribution is -0.129. The highest BCUT2D eigenvalue weighted by Crippen LogP contribution is 2.42. The van der Waals surface area contributed by atoms with Gasteiger partial charge in [-0.15, -0.1) is 0 Å². The standard InChI is InChI=1S/C19H33N3O2/c20-17(23)11-16(12-5-2-1-3-6-12)22-19(24)15-9-13-7-4-8-14(10-15)18(13)21/h12-16,18H,1-11,21H2,(H2,20,23)(H,22,24). The van der Waals surface area contributed by atoms with Crippen molar-refractivity contribution in [3.8, 4) is 0 Å². The van der Waals surface area contributed by atoms with Gasteiger partial charge in [0.05, 0.1) is 0 Å². The van der Waals surface area contributed by atoms with Crippen LogP contribution in [0.5, 0.6) is 0 Å². The second-order valence-electron chi connectivity index (χ2n) is 8.38. The van der Waals surface area contributed by atoms with Crippen molar-refractivity contribution in [3.63, 3.8) is 0 Å². The Morgan fingerprint density at radius 1 is 0.958 bits per heavy atom. The summed E-state index contributed by atoms with van der Waals surface area (Å²) in [6.45, 7) is 0. The number of amides is 2. The molecule has 0 aromatic carbocycles. The third kappa shape index (κ3) is 4.11. The van der Waals surface area contributed by atoms with Gasteiger partial charge in [0.1, 0.15) is 0 Å². The van der Waals surface area contributed by atoms with Gasteiger partial charge in [-0.25, -0.2) is 0 Å². The quantitative estimate of drug-likeness (QED) is 0.717. The van der Waals surface area contributed by atoms with Crippen LogP contribution in [0.25, 0.3) is 0 Å². The fourth-order valence-electron chi connectivity index (χ4n) is 5.39. The molecule has 3 atom stereocenters. The van der Waals surface area contributed by atoms with Crippen molar-refractivity contribution < 1.29 is 9.59 Å².